The van der Waals surface area contributed by atoms with Crippen molar-refractivity contribution in [2.45, 2.75) is 39.1 Å². The summed E-state index contributed by atoms with van der Waals surface area (Å²) < 4.78 is 25.4. The summed E-state index contributed by atoms with van der Waals surface area (Å²) in [4.78, 5) is 0. The summed E-state index contributed by atoms with van der Waals surface area (Å²) in [5.74, 6) is 0.207. The molecule has 0 unspecified atom stereocenters. The Morgan fingerprint density at radius 1 is 1.41 bits per heavy atom. The fraction of sp³-hybridized carbons (Fsp3) is 0.667. The van der Waals surface area contributed by atoms with Crippen LogP contribution in [0.3, 0.4) is 0 Å². The Balaban J connectivity index is 2.61. The van der Waals surface area contributed by atoms with E-state index in [1.807, 2.05) is 22.9 Å². The third-order valence-electron chi connectivity index (χ3n) is 2.81. The molecule has 0 atom stereocenters. The van der Waals surface area contributed by atoms with Gasteiger partial charge in [-0.1, -0.05) is 6.92 Å². The average molecular weight is 258 g/mol. The highest BCUT2D eigenvalue weighted by Gasteiger charge is 2.16. The molecule has 0 aliphatic carbocycles. The van der Waals surface area contributed by atoms with E-state index in [-0.39, 0.29) is 11.0 Å². The standard InChI is InChI=1S/C12H22N2O2S/c1-4-13-10-12-6-5-7-14(12)8-9-17(15,16)11(2)3/h5-7,11,13H,4,8-10H2,1-3H3. The molecular weight excluding hydrogens is 236 g/mol. The second kappa shape index (κ2) is 6.21. The van der Waals surface area contributed by atoms with Crippen LogP contribution in [0.15, 0.2) is 18.3 Å². The molecule has 1 heterocycles. The fourth-order valence-corrected chi connectivity index (χ4v) is 2.47. The smallest absolute Gasteiger partial charge is 0.154 e. The van der Waals surface area contributed by atoms with Crippen LogP contribution in [0.1, 0.15) is 26.5 Å². The minimum Gasteiger partial charge on any atom is -0.349 e. The Bertz CT molecular complexity index is 435. The van der Waals surface area contributed by atoms with Crippen LogP contribution in [-0.2, 0) is 22.9 Å². The van der Waals surface area contributed by atoms with Crippen molar-refractivity contribution >= 4 is 9.84 Å². The first-order valence-electron chi connectivity index (χ1n) is 6.03. The van der Waals surface area contributed by atoms with Gasteiger partial charge in [0.1, 0.15) is 0 Å². The van der Waals surface area contributed by atoms with Gasteiger partial charge >= 0.3 is 0 Å². The molecule has 0 spiro atoms. The Kier molecular flexibility index (Phi) is 5.21. The van der Waals surface area contributed by atoms with Crippen LogP contribution >= 0.6 is 0 Å². The van der Waals surface area contributed by atoms with E-state index < -0.39 is 9.84 Å². The third kappa shape index (κ3) is 4.16. The van der Waals surface area contributed by atoms with Gasteiger partial charge < -0.3 is 9.88 Å². The summed E-state index contributed by atoms with van der Waals surface area (Å²) in [5, 5.41) is 2.94. The topological polar surface area (TPSA) is 51.1 Å². The summed E-state index contributed by atoms with van der Waals surface area (Å²) in [6.07, 6.45) is 1.93. The number of nitrogens with zero attached hydrogens (tertiary/aromatic N) is 1. The number of rotatable bonds is 7. The zero-order valence-electron chi connectivity index (χ0n) is 10.8. The Morgan fingerprint density at radius 2 is 2.12 bits per heavy atom. The molecule has 5 heteroatoms. The van der Waals surface area contributed by atoms with E-state index in [0.29, 0.717) is 6.54 Å². The molecule has 1 N–H and O–H groups in total. The van der Waals surface area contributed by atoms with E-state index in [2.05, 4.69) is 12.2 Å². The molecule has 0 amide bonds. The Labute approximate surface area is 104 Å². The molecule has 17 heavy (non-hydrogen) atoms. The fourth-order valence-electron chi connectivity index (χ4n) is 1.54. The van der Waals surface area contributed by atoms with E-state index in [0.717, 1.165) is 18.8 Å². The van der Waals surface area contributed by atoms with E-state index in [1.54, 1.807) is 13.8 Å². The van der Waals surface area contributed by atoms with E-state index in [4.69, 9.17) is 0 Å². The van der Waals surface area contributed by atoms with Crippen LogP contribution in [0.25, 0.3) is 0 Å². The molecule has 0 saturated carbocycles. The SMILES string of the molecule is CCNCc1cccn1CCS(=O)(=O)C(C)C. The molecular formula is C12H22N2O2S. The lowest BCUT2D eigenvalue weighted by atomic mass is 10.4. The highest BCUT2D eigenvalue weighted by Crippen LogP contribution is 2.06. The molecule has 0 saturated heterocycles. The van der Waals surface area contributed by atoms with Crippen molar-refractivity contribution in [1.29, 1.82) is 0 Å². The maximum atomic E-state index is 11.7. The van der Waals surface area contributed by atoms with E-state index in [1.165, 1.54) is 0 Å². The molecule has 0 aromatic carbocycles. The zero-order valence-corrected chi connectivity index (χ0v) is 11.6. The molecule has 0 aliphatic heterocycles. The van der Waals surface area contributed by atoms with Gasteiger partial charge in [0.2, 0.25) is 0 Å². The highest BCUT2D eigenvalue weighted by atomic mass is 32.2. The van der Waals surface area contributed by atoms with Crippen LogP contribution in [0.4, 0.5) is 0 Å². The Morgan fingerprint density at radius 3 is 2.71 bits per heavy atom. The molecule has 1 rings (SSSR count). The van der Waals surface area contributed by atoms with Gasteiger partial charge in [0, 0.05) is 25.0 Å². The summed E-state index contributed by atoms with van der Waals surface area (Å²) in [6, 6.07) is 3.97. The first kappa shape index (κ1) is 14.3. The lowest BCUT2D eigenvalue weighted by Gasteiger charge is -2.11. The molecule has 0 radical (unpaired) electrons. The summed E-state index contributed by atoms with van der Waals surface area (Å²) in [7, 11) is -2.95. The molecule has 1 aromatic heterocycles. The molecule has 0 fully saturated rings. The normalized spacial score (nSPS) is 12.2. The second-order valence-corrected chi connectivity index (χ2v) is 7.07. The van der Waals surface area contributed by atoms with Gasteiger partial charge in [0.05, 0.1) is 11.0 Å². The van der Waals surface area contributed by atoms with Crippen molar-refractivity contribution in [3.05, 3.63) is 24.0 Å². The Hall–Kier alpha value is -0.810. The lowest BCUT2D eigenvalue weighted by molar-refractivity contribution is 0.576. The van der Waals surface area contributed by atoms with Gasteiger partial charge in [-0.05, 0) is 32.5 Å². The van der Waals surface area contributed by atoms with Gasteiger partial charge in [-0.3, -0.25) is 0 Å². The first-order valence-corrected chi connectivity index (χ1v) is 7.75. The summed E-state index contributed by atoms with van der Waals surface area (Å²) in [6.45, 7) is 7.74. The third-order valence-corrected chi connectivity index (χ3v) is 5.00. The maximum Gasteiger partial charge on any atom is 0.154 e. The minimum absolute atomic E-state index is 0.207. The van der Waals surface area contributed by atoms with Crippen LogP contribution in [0.5, 0.6) is 0 Å². The van der Waals surface area contributed by atoms with Crippen molar-refractivity contribution in [2.75, 3.05) is 12.3 Å². The zero-order chi connectivity index (χ0) is 12.9. The average Bonchev–Trinajstić information content (AvgIpc) is 2.71. The van der Waals surface area contributed by atoms with Crippen LogP contribution < -0.4 is 5.32 Å². The predicted octanol–water partition coefficient (Wildman–Crippen LogP) is 1.42. The van der Waals surface area contributed by atoms with E-state index >= 15 is 0 Å². The maximum absolute atomic E-state index is 11.7. The largest absolute Gasteiger partial charge is 0.349 e. The quantitative estimate of drug-likeness (QED) is 0.805. The van der Waals surface area contributed by atoms with Crippen molar-refractivity contribution in [3.63, 3.8) is 0 Å². The molecule has 98 valence electrons. The van der Waals surface area contributed by atoms with Crippen LogP contribution in [0.2, 0.25) is 0 Å². The highest BCUT2D eigenvalue weighted by molar-refractivity contribution is 7.91. The molecule has 0 bridgehead atoms. The van der Waals surface area contributed by atoms with Crippen LogP contribution in [0, 0.1) is 0 Å². The van der Waals surface area contributed by atoms with Gasteiger partial charge in [0.15, 0.2) is 9.84 Å². The van der Waals surface area contributed by atoms with Gasteiger partial charge in [-0.15, -0.1) is 0 Å². The number of sulfone groups is 1. The predicted molar refractivity (Wildman–Crippen MR) is 70.7 cm³/mol. The lowest BCUT2D eigenvalue weighted by Crippen LogP contribution is -2.22. The van der Waals surface area contributed by atoms with Crippen molar-refractivity contribution in [3.8, 4) is 0 Å². The van der Waals surface area contributed by atoms with Crippen molar-refractivity contribution < 1.29 is 8.42 Å². The number of aryl methyl sites for hydroxylation is 1. The van der Waals surface area contributed by atoms with Gasteiger partial charge in [-0.25, -0.2) is 8.42 Å². The van der Waals surface area contributed by atoms with Crippen molar-refractivity contribution in [1.82, 2.24) is 9.88 Å². The van der Waals surface area contributed by atoms with Crippen LogP contribution in [-0.4, -0.2) is 30.5 Å². The first-order chi connectivity index (χ1) is 7.97. The number of hydrogen-bond acceptors (Lipinski definition) is 3. The summed E-state index contributed by atoms with van der Waals surface area (Å²) in [5.41, 5.74) is 1.13. The molecule has 1 aromatic rings. The summed E-state index contributed by atoms with van der Waals surface area (Å²) >= 11 is 0. The molecule has 0 aliphatic rings. The monoisotopic (exact) mass is 258 g/mol. The van der Waals surface area contributed by atoms with Crippen molar-refractivity contribution in [2.24, 2.45) is 0 Å². The van der Waals surface area contributed by atoms with Gasteiger partial charge in [0.25, 0.3) is 0 Å². The van der Waals surface area contributed by atoms with Gasteiger partial charge in [-0.2, -0.15) is 0 Å². The second-order valence-electron chi connectivity index (χ2n) is 4.39. The van der Waals surface area contributed by atoms with E-state index in [9.17, 15) is 8.42 Å². The number of nitrogens with one attached hydrogen (secondary N) is 1. The number of aromatic nitrogens is 1. The number of hydrogen-bond donors (Lipinski definition) is 1. The molecule has 4 nitrogen and oxygen atoms in total. The minimum atomic E-state index is -2.95.